The molecule has 0 atom stereocenters. The summed E-state index contributed by atoms with van der Waals surface area (Å²) < 4.78 is 0. The lowest BCUT2D eigenvalue weighted by atomic mass is 10.1. The lowest BCUT2D eigenvalue weighted by Gasteiger charge is -2.12. The highest BCUT2D eigenvalue weighted by Crippen LogP contribution is 2.35. The minimum Gasteiger partial charge on any atom is -0.368 e. The van der Waals surface area contributed by atoms with Crippen molar-refractivity contribution < 1.29 is 0 Å². The average molecular weight is 440 g/mol. The van der Waals surface area contributed by atoms with E-state index < -0.39 is 0 Å². The van der Waals surface area contributed by atoms with Gasteiger partial charge in [-0.3, -0.25) is 0 Å². The van der Waals surface area contributed by atoms with E-state index in [2.05, 4.69) is 30.6 Å². The van der Waals surface area contributed by atoms with Gasteiger partial charge in [0.1, 0.15) is 11.6 Å². The molecule has 0 radical (unpaired) electrons. The van der Waals surface area contributed by atoms with Gasteiger partial charge >= 0.3 is 0 Å². The normalized spacial score (nSPS) is 10.8. The number of nitrogens with zero attached hydrogens (tertiary/aromatic N) is 4. The summed E-state index contributed by atoms with van der Waals surface area (Å²) in [6.07, 6.45) is 5.24. The standard InChI is InChI=1S/C21H19Cl2N7/c1-13-11-27-20(29-13)16-12-28-21(26-9-8-25-18-4-2-3-7-24-18)30-19(16)15-6-5-14(22)10-17(15)23/h2-7,10-12H,8-9H2,1H3,(H,24,25)(H,27,29)(H,26,28,30). The van der Waals surface area contributed by atoms with Crippen LogP contribution in [0.4, 0.5) is 11.8 Å². The number of rotatable bonds is 7. The molecule has 0 spiro atoms. The predicted molar refractivity (Wildman–Crippen MR) is 121 cm³/mol. The van der Waals surface area contributed by atoms with Crippen molar-refractivity contribution in [2.75, 3.05) is 23.7 Å². The quantitative estimate of drug-likeness (QED) is 0.348. The number of anilines is 2. The molecule has 0 saturated carbocycles. The van der Waals surface area contributed by atoms with Crippen molar-refractivity contribution in [3.05, 3.63) is 70.7 Å². The molecule has 3 N–H and O–H groups in total. The summed E-state index contributed by atoms with van der Waals surface area (Å²) in [5, 5.41) is 7.53. The van der Waals surface area contributed by atoms with E-state index in [1.54, 1.807) is 30.7 Å². The number of aromatic nitrogens is 5. The highest BCUT2D eigenvalue weighted by atomic mass is 35.5. The van der Waals surface area contributed by atoms with Crippen molar-refractivity contribution in [3.8, 4) is 22.6 Å². The maximum atomic E-state index is 6.46. The number of hydrogen-bond donors (Lipinski definition) is 3. The monoisotopic (exact) mass is 439 g/mol. The highest BCUT2D eigenvalue weighted by Gasteiger charge is 2.16. The number of H-pyrrole nitrogens is 1. The summed E-state index contributed by atoms with van der Waals surface area (Å²) in [5.74, 6) is 1.99. The van der Waals surface area contributed by atoms with Crippen molar-refractivity contribution in [2.45, 2.75) is 6.92 Å². The summed E-state index contributed by atoms with van der Waals surface area (Å²) in [5.41, 5.74) is 3.12. The smallest absolute Gasteiger partial charge is 0.223 e. The molecule has 7 nitrogen and oxygen atoms in total. The zero-order valence-corrected chi connectivity index (χ0v) is 17.7. The summed E-state index contributed by atoms with van der Waals surface area (Å²) in [7, 11) is 0. The SMILES string of the molecule is Cc1cnc(-c2cnc(NCCNc3ccccn3)nc2-c2ccc(Cl)cc2Cl)[nH]1. The molecule has 9 heteroatoms. The second kappa shape index (κ2) is 9.11. The lowest BCUT2D eigenvalue weighted by Crippen LogP contribution is -2.16. The highest BCUT2D eigenvalue weighted by molar-refractivity contribution is 6.36. The Hall–Kier alpha value is -3.16. The summed E-state index contributed by atoms with van der Waals surface area (Å²) in [6, 6.07) is 11.1. The van der Waals surface area contributed by atoms with Crippen LogP contribution in [0.5, 0.6) is 0 Å². The van der Waals surface area contributed by atoms with Gasteiger partial charge in [-0.05, 0) is 37.3 Å². The first-order valence-electron chi connectivity index (χ1n) is 9.33. The van der Waals surface area contributed by atoms with Crippen LogP contribution in [0.15, 0.2) is 55.0 Å². The fourth-order valence-electron chi connectivity index (χ4n) is 2.91. The zero-order valence-electron chi connectivity index (χ0n) is 16.2. The molecule has 3 aromatic heterocycles. The molecule has 0 saturated heterocycles. The van der Waals surface area contributed by atoms with Crippen molar-refractivity contribution in [3.63, 3.8) is 0 Å². The van der Waals surface area contributed by atoms with Gasteiger partial charge in [-0.15, -0.1) is 0 Å². The maximum Gasteiger partial charge on any atom is 0.223 e. The molecule has 0 aliphatic carbocycles. The van der Waals surface area contributed by atoms with Gasteiger partial charge in [0.25, 0.3) is 0 Å². The first kappa shape index (κ1) is 20.1. The lowest BCUT2D eigenvalue weighted by molar-refractivity contribution is 1.02. The van der Waals surface area contributed by atoms with Crippen LogP contribution in [0.1, 0.15) is 5.69 Å². The Morgan fingerprint density at radius 2 is 1.80 bits per heavy atom. The van der Waals surface area contributed by atoms with Crippen LogP contribution >= 0.6 is 23.2 Å². The van der Waals surface area contributed by atoms with Crippen molar-refractivity contribution in [1.82, 2.24) is 24.9 Å². The van der Waals surface area contributed by atoms with E-state index in [-0.39, 0.29) is 0 Å². The van der Waals surface area contributed by atoms with E-state index in [4.69, 9.17) is 28.2 Å². The summed E-state index contributed by atoms with van der Waals surface area (Å²) >= 11 is 12.5. The van der Waals surface area contributed by atoms with E-state index >= 15 is 0 Å². The maximum absolute atomic E-state index is 6.46. The van der Waals surface area contributed by atoms with Crippen LogP contribution in [-0.2, 0) is 0 Å². The van der Waals surface area contributed by atoms with Gasteiger partial charge in [0.15, 0.2) is 0 Å². The Labute approximate surface area is 183 Å². The molecule has 4 rings (SSSR count). The summed E-state index contributed by atoms with van der Waals surface area (Å²) in [6.45, 7) is 3.22. The number of benzene rings is 1. The number of imidazole rings is 1. The molecule has 0 unspecified atom stereocenters. The predicted octanol–water partition coefficient (Wildman–Crippen LogP) is 5.07. The number of aromatic amines is 1. The van der Waals surface area contributed by atoms with Gasteiger partial charge in [0, 0.05) is 48.0 Å². The number of halogens is 2. The number of aryl methyl sites for hydroxylation is 1. The van der Waals surface area contributed by atoms with Crippen LogP contribution in [0, 0.1) is 6.92 Å². The van der Waals surface area contributed by atoms with Gasteiger partial charge in [0.05, 0.1) is 16.3 Å². The van der Waals surface area contributed by atoms with Gasteiger partial charge in [-0.1, -0.05) is 29.3 Å². The molecule has 0 bridgehead atoms. The van der Waals surface area contributed by atoms with Crippen molar-refractivity contribution >= 4 is 35.0 Å². The number of hydrogen-bond acceptors (Lipinski definition) is 6. The molecular weight excluding hydrogens is 421 g/mol. The Morgan fingerprint density at radius 1 is 0.933 bits per heavy atom. The molecule has 3 heterocycles. The Kier molecular flexibility index (Phi) is 6.11. The largest absolute Gasteiger partial charge is 0.368 e. The molecule has 4 aromatic rings. The van der Waals surface area contributed by atoms with E-state index in [0.717, 1.165) is 22.6 Å². The third kappa shape index (κ3) is 4.69. The molecular formula is C21H19Cl2N7. The van der Waals surface area contributed by atoms with Crippen molar-refractivity contribution in [2.24, 2.45) is 0 Å². The molecule has 0 amide bonds. The Morgan fingerprint density at radius 3 is 2.53 bits per heavy atom. The third-order valence-corrected chi connectivity index (χ3v) is 4.86. The third-order valence-electron chi connectivity index (χ3n) is 4.31. The van der Waals surface area contributed by atoms with E-state index in [1.807, 2.05) is 31.2 Å². The first-order valence-corrected chi connectivity index (χ1v) is 10.1. The fraction of sp³-hybridized carbons (Fsp3) is 0.143. The fourth-order valence-corrected chi connectivity index (χ4v) is 3.41. The molecule has 30 heavy (non-hydrogen) atoms. The topological polar surface area (TPSA) is 91.4 Å². The Bertz CT molecular complexity index is 1150. The van der Waals surface area contributed by atoms with E-state index in [9.17, 15) is 0 Å². The summed E-state index contributed by atoms with van der Waals surface area (Å²) in [4.78, 5) is 21.0. The van der Waals surface area contributed by atoms with Crippen LogP contribution in [0.3, 0.4) is 0 Å². The van der Waals surface area contributed by atoms with Crippen LogP contribution < -0.4 is 10.6 Å². The number of nitrogens with one attached hydrogen (secondary N) is 3. The molecule has 0 fully saturated rings. The van der Waals surface area contributed by atoms with Gasteiger partial charge < -0.3 is 15.6 Å². The second-order valence-corrected chi connectivity index (χ2v) is 7.41. The van der Waals surface area contributed by atoms with Crippen molar-refractivity contribution in [1.29, 1.82) is 0 Å². The van der Waals surface area contributed by atoms with Gasteiger partial charge in [-0.2, -0.15) is 0 Å². The molecule has 0 aliphatic heterocycles. The second-order valence-electron chi connectivity index (χ2n) is 6.56. The van der Waals surface area contributed by atoms with Crippen LogP contribution in [-0.4, -0.2) is 38.0 Å². The van der Waals surface area contributed by atoms with Gasteiger partial charge in [-0.25, -0.2) is 19.9 Å². The van der Waals surface area contributed by atoms with Crippen LogP contribution in [0.25, 0.3) is 22.6 Å². The zero-order chi connectivity index (χ0) is 20.9. The minimum atomic E-state index is 0.492. The molecule has 1 aromatic carbocycles. The van der Waals surface area contributed by atoms with Gasteiger partial charge in [0.2, 0.25) is 5.95 Å². The van der Waals surface area contributed by atoms with E-state index in [0.29, 0.717) is 40.6 Å². The number of pyridine rings is 1. The minimum absolute atomic E-state index is 0.492. The van der Waals surface area contributed by atoms with E-state index in [1.165, 1.54) is 0 Å². The molecule has 0 aliphatic rings. The average Bonchev–Trinajstić information content (AvgIpc) is 3.18. The molecule has 152 valence electrons. The Balaban J connectivity index is 1.58. The first-order chi connectivity index (χ1) is 14.6. The van der Waals surface area contributed by atoms with Crippen LogP contribution in [0.2, 0.25) is 10.0 Å².